The van der Waals surface area contributed by atoms with Crippen LogP contribution >= 0.6 is 15.9 Å². The number of hydrogen-bond donors (Lipinski definition) is 0. The van der Waals surface area contributed by atoms with E-state index in [0.29, 0.717) is 4.62 Å². The second kappa shape index (κ2) is 7.09. The summed E-state index contributed by atoms with van der Waals surface area (Å²) in [5.41, 5.74) is 0. The molecular formula is C11H17BrF3N. The van der Waals surface area contributed by atoms with E-state index in [1.54, 1.807) is 27.0 Å². The van der Waals surface area contributed by atoms with Crippen molar-refractivity contribution >= 4 is 20.6 Å². The minimum absolute atomic E-state index is 0.00625. The van der Waals surface area contributed by atoms with E-state index < -0.39 is 12.1 Å². The zero-order chi connectivity index (χ0) is 12.8. The molecule has 0 saturated carbocycles. The lowest BCUT2D eigenvalue weighted by molar-refractivity contribution is -0.177. The average molecular weight is 300 g/mol. The molecule has 0 spiro atoms. The third-order valence-electron chi connectivity index (χ3n) is 2.11. The third-order valence-corrected chi connectivity index (χ3v) is 2.73. The van der Waals surface area contributed by atoms with Crippen LogP contribution in [0.5, 0.6) is 0 Å². The second-order valence-electron chi connectivity index (χ2n) is 4.05. The molecule has 0 aliphatic heterocycles. The van der Waals surface area contributed by atoms with Crippen molar-refractivity contribution in [1.82, 2.24) is 0 Å². The highest BCUT2D eigenvalue weighted by Crippen LogP contribution is 2.33. The number of nitrogens with zero attached hydrogens (tertiary/aromatic N) is 1. The van der Waals surface area contributed by atoms with Gasteiger partial charge in [0.15, 0.2) is 0 Å². The minimum atomic E-state index is -4.12. The third kappa shape index (κ3) is 7.04. The number of halogens is 4. The molecule has 0 heterocycles. The van der Waals surface area contributed by atoms with E-state index in [-0.39, 0.29) is 18.8 Å². The Morgan fingerprint density at radius 3 is 2.31 bits per heavy atom. The average Bonchev–Trinajstić information content (AvgIpc) is 2.13. The highest BCUT2D eigenvalue weighted by molar-refractivity contribution is 9.18. The van der Waals surface area contributed by atoms with Crippen molar-refractivity contribution in [2.24, 2.45) is 16.8 Å². The molecule has 0 rings (SSSR count). The molecule has 0 aromatic carbocycles. The van der Waals surface area contributed by atoms with E-state index in [1.807, 2.05) is 0 Å². The van der Waals surface area contributed by atoms with E-state index in [0.717, 1.165) is 0 Å². The van der Waals surface area contributed by atoms with Crippen molar-refractivity contribution in [2.45, 2.75) is 32.9 Å². The zero-order valence-electron chi connectivity index (χ0n) is 9.68. The molecule has 5 heteroatoms. The summed E-state index contributed by atoms with van der Waals surface area (Å²) in [6.45, 7) is 3.59. The summed E-state index contributed by atoms with van der Waals surface area (Å²) < 4.78 is 38.4. The maximum Gasteiger partial charge on any atom is 0.392 e. The Hall–Kier alpha value is -0.320. The van der Waals surface area contributed by atoms with Crippen LogP contribution in [0, 0.1) is 11.8 Å². The zero-order valence-corrected chi connectivity index (χ0v) is 11.3. The van der Waals surface area contributed by atoms with Gasteiger partial charge in [0.25, 0.3) is 0 Å². The number of allylic oxidation sites excluding steroid dienone is 2. The fourth-order valence-corrected chi connectivity index (χ4v) is 1.52. The van der Waals surface area contributed by atoms with E-state index in [4.69, 9.17) is 0 Å². The lowest BCUT2D eigenvalue weighted by atomic mass is 9.93. The Balaban J connectivity index is 4.40. The molecule has 0 amide bonds. The lowest BCUT2D eigenvalue weighted by Gasteiger charge is -2.20. The molecule has 1 atom stereocenters. The Kier molecular flexibility index (Phi) is 6.95. The van der Waals surface area contributed by atoms with Crippen LogP contribution in [0.1, 0.15) is 26.7 Å². The van der Waals surface area contributed by atoms with Crippen LogP contribution < -0.4 is 0 Å². The van der Waals surface area contributed by atoms with Gasteiger partial charge >= 0.3 is 6.18 Å². The Bertz CT molecular complexity index is 256. The van der Waals surface area contributed by atoms with E-state index >= 15 is 0 Å². The molecule has 0 aliphatic rings. The van der Waals surface area contributed by atoms with Gasteiger partial charge in [-0.15, -0.1) is 0 Å². The molecule has 16 heavy (non-hydrogen) atoms. The molecular weight excluding hydrogens is 283 g/mol. The lowest BCUT2D eigenvalue weighted by Crippen LogP contribution is -2.23. The predicted octanol–water partition coefficient (Wildman–Crippen LogP) is 4.58. The molecule has 0 aromatic heterocycles. The van der Waals surface area contributed by atoms with Crippen LogP contribution in [0.25, 0.3) is 0 Å². The monoisotopic (exact) mass is 299 g/mol. The molecule has 0 N–H and O–H groups in total. The summed E-state index contributed by atoms with van der Waals surface area (Å²) in [6, 6.07) is 0. The Labute approximate surface area is 103 Å². The van der Waals surface area contributed by atoms with Crippen LogP contribution in [0.2, 0.25) is 0 Å². The van der Waals surface area contributed by atoms with Gasteiger partial charge in [0.05, 0.1) is 10.5 Å². The van der Waals surface area contributed by atoms with Crippen LogP contribution in [0.3, 0.4) is 0 Å². The molecule has 0 bridgehead atoms. The summed E-state index contributed by atoms with van der Waals surface area (Å²) in [4.78, 5) is 3.77. The van der Waals surface area contributed by atoms with Crippen molar-refractivity contribution in [3.05, 3.63) is 12.2 Å². The largest absolute Gasteiger partial charge is 0.392 e. The molecule has 0 fully saturated rings. The summed E-state index contributed by atoms with van der Waals surface area (Å²) >= 11 is 3.11. The number of hydrogen-bond acceptors (Lipinski definition) is 1. The summed E-state index contributed by atoms with van der Waals surface area (Å²) in [6.07, 6.45) is -0.887. The van der Waals surface area contributed by atoms with Crippen molar-refractivity contribution in [2.75, 3.05) is 7.05 Å². The smallest absolute Gasteiger partial charge is 0.281 e. The molecule has 94 valence electrons. The molecule has 1 unspecified atom stereocenters. The van der Waals surface area contributed by atoms with Gasteiger partial charge in [-0.25, -0.2) is 0 Å². The minimum Gasteiger partial charge on any atom is -0.281 e. The van der Waals surface area contributed by atoms with Gasteiger partial charge in [-0.2, -0.15) is 13.2 Å². The van der Waals surface area contributed by atoms with Gasteiger partial charge in [-0.3, -0.25) is 4.99 Å². The van der Waals surface area contributed by atoms with Crippen molar-refractivity contribution < 1.29 is 13.2 Å². The SMILES string of the molecule is C/N=C(Br)\C=C/CC(CC(C)C)C(F)(F)F. The van der Waals surface area contributed by atoms with Crippen LogP contribution in [0.15, 0.2) is 17.1 Å². The molecule has 0 saturated heterocycles. The highest BCUT2D eigenvalue weighted by atomic mass is 79.9. The van der Waals surface area contributed by atoms with E-state index in [1.165, 1.54) is 6.08 Å². The van der Waals surface area contributed by atoms with E-state index in [2.05, 4.69) is 20.9 Å². The van der Waals surface area contributed by atoms with Crippen molar-refractivity contribution in [1.29, 1.82) is 0 Å². The topological polar surface area (TPSA) is 12.4 Å². The second-order valence-corrected chi connectivity index (χ2v) is 4.86. The summed E-state index contributed by atoms with van der Waals surface area (Å²) in [7, 11) is 1.57. The highest BCUT2D eigenvalue weighted by Gasteiger charge is 2.38. The van der Waals surface area contributed by atoms with Crippen LogP contribution in [-0.2, 0) is 0 Å². The van der Waals surface area contributed by atoms with E-state index in [9.17, 15) is 13.2 Å². The predicted molar refractivity (Wildman–Crippen MR) is 65.0 cm³/mol. The first-order chi connectivity index (χ1) is 7.27. The van der Waals surface area contributed by atoms with Gasteiger partial charge in [-0.1, -0.05) is 19.9 Å². The Morgan fingerprint density at radius 1 is 1.38 bits per heavy atom. The fourth-order valence-electron chi connectivity index (χ4n) is 1.34. The molecule has 0 aliphatic carbocycles. The maximum atomic E-state index is 12.6. The van der Waals surface area contributed by atoms with Gasteiger partial charge in [0, 0.05) is 7.05 Å². The summed E-state index contributed by atoms with van der Waals surface area (Å²) in [5, 5.41) is 0. The number of alkyl halides is 3. The normalized spacial score (nSPS) is 16.1. The first-order valence-electron chi connectivity index (χ1n) is 5.13. The molecule has 0 radical (unpaired) electrons. The van der Waals surface area contributed by atoms with Crippen LogP contribution in [0.4, 0.5) is 13.2 Å². The first kappa shape index (κ1) is 15.7. The quantitative estimate of drug-likeness (QED) is 0.659. The number of rotatable bonds is 5. The van der Waals surface area contributed by atoms with Gasteiger partial charge in [-0.05, 0) is 40.8 Å². The molecule has 0 aromatic rings. The first-order valence-corrected chi connectivity index (χ1v) is 5.92. The summed E-state index contributed by atoms with van der Waals surface area (Å²) in [5.74, 6) is -1.22. The Morgan fingerprint density at radius 2 is 1.94 bits per heavy atom. The van der Waals surface area contributed by atoms with Crippen LogP contribution in [-0.4, -0.2) is 17.8 Å². The maximum absolute atomic E-state index is 12.6. The standard InChI is InChI=1S/C11H17BrF3N/c1-8(2)7-9(11(13,14)15)5-4-6-10(12)16-3/h4,6,8-9H,5,7H2,1-3H3/b6-4-,16-10+. The van der Waals surface area contributed by atoms with Crippen molar-refractivity contribution in [3.8, 4) is 0 Å². The fraction of sp³-hybridized carbons (Fsp3) is 0.727. The van der Waals surface area contributed by atoms with Gasteiger partial charge in [0.1, 0.15) is 0 Å². The molecule has 1 nitrogen and oxygen atoms in total. The van der Waals surface area contributed by atoms with Crippen molar-refractivity contribution in [3.63, 3.8) is 0 Å². The van der Waals surface area contributed by atoms with Gasteiger partial charge < -0.3 is 0 Å². The number of aliphatic imine (C=N–C) groups is 1. The van der Waals surface area contributed by atoms with Gasteiger partial charge in [0.2, 0.25) is 0 Å².